The molecule has 380 valence electrons. The average molecular weight is 990 g/mol. The minimum atomic E-state index is -0.488. The molecule has 71 heavy (non-hydrogen) atoms. The Bertz CT molecular complexity index is 2810. The van der Waals surface area contributed by atoms with Crippen LogP contribution in [0.3, 0.4) is 0 Å². The molecule has 2 amide bonds. The number of carbonyl (C=O) groups excluding carboxylic acids is 3. The standard InChI is InChI=1S/C24H30N6O.C21H32N6O2.C8H7ClO.CH4/c1-16-7-3-4-8-19(16)24(31)29-11-6-5-9-21(29)20-13-22-26-23(17(2)14-30(22)27-20)28-12-10-18(25)15-28;1-14-12-27-18(11-17(25-27)16-7-5-6-9-22-16)24-19(14)26-10-8-15(13-26)23-20(28)29-21(2,3)4;1-6-4-2-3-5-7(6)8(9)10;/h3-4,7-8,13-14,18,21H,5-6,9-12,15,25H2,1-2H3;11-12,15-16,22H,5-10,13H2,1-4H3,(H,23,28);2-5H,1H3;1H4/t18-,21-;15-,16-;;/m00../s1. The number of aromatic nitrogens is 6. The molecule has 0 saturated carbocycles. The molecule has 0 spiro atoms. The SMILES string of the molecule is C.Cc1ccccc1C(=O)Cl.Cc1ccccc1C(=O)N1CCCC[C@H]1c1cc2nc(N3CC[C@H](N)C3)c(C)cn2n1.Cc1cn2nc([C@@H]3CCCCN3)cc2nc1N1CC[C@H](NC(=O)OC(C)(C)C)C1. The minimum Gasteiger partial charge on any atom is -0.444 e. The van der Waals surface area contributed by atoms with Gasteiger partial charge < -0.3 is 35.8 Å². The number of carbonyl (C=O) groups is 3. The molecule has 4 fully saturated rings. The zero-order valence-electron chi connectivity index (χ0n) is 41.8. The highest BCUT2D eigenvalue weighted by Gasteiger charge is 2.32. The molecule has 10 rings (SSSR count). The molecule has 4 aliphatic rings. The molecule has 4 aliphatic heterocycles. The molecule has 4 aromatic heterocycles. The number of piperidine rings is 2. The number of hydrogen-bond acceptors (Lipinski definition) is 12. The largest absolute Gasteiger partial charge is 0.444 e. The second-order valence-corrected chi connectivity index (χ2v) is 20.6. The monoisotopic (exact) mass is 989 g/mol. The quantitative estimate of drug-likeness (QED) is 0.129. The summed E-state index contributed by atoms with van der Waals surface area (Å²) in [7, 11) is 0. The number of fused-ring (bicyclic) bond motifs is 2. The van der Waals surface area contributed by atoms with E-state index < -0.39 is 10.8 Å². The third-order valence-corrected chi connectivity index (χ3v) is 13.7. The second-order valence-electron chi connectivity index (χ2n) is 20.2. The van der Waals surface area contributed by atoms with Crippen molar-refractivity contribution in [2.24, 2.45) is 5.73 Å². The fourth-order valence-corrected chi connectivity index (χ4v) is 10.1. The molecule has 6 aromatic rings. The Morgan fingerprint density at radius 1 is 0.718 bits per heavy atom. The molecule has 4 N–H and O–H groups in total. The highest BCUT2D eigenvalue weighted by molar-refractivity contribution is 6.67. The van der Waals surface area contributed by atoms with E-state index in [-0.39, 0.29) is 37.6 Å². The van der Waals surface area contributed by atoms with Gasteiger partial charge in [0, 0.05) is 85.5 Å². The van der Waals surface area contributed by atoms with E-state index in [1.807, 2.05) is 97.2 Å². The lowest BCUT2D eigenvalue weighted by atomic mass is 9.97. The third kappa shape index (κ3) is 12.9. The van der Waals surface area contributed by atoms with Crippen molar-refractivity contribution in [3.05, 3.63) is 118 Å². The highest BCUT2D eigenvalue weighted by Crippen LogP contribution is 2.34. The molecule has 16 nitrogen and oxygen atoms in total. The molecule has 2 aromatic carbocycles. The van der Waals surface area contributed by atoms with Crippen molar-refractivity contribution in [1.29, 1.82) is 0 Å². The average Bonchev–Trinajstić information content (AvgIpc) is 4.16. The number of nitrogens with two attached hydrogens (primary N) is 1. The van der Waals surface area contributed by atoms with E-state index in [1.165, 1.54) is 12.8 Å². The van der Waals surface area contributed by atoms with E-state index in [1.54, 1.807) is 12.1 Å². The first kappa shape index (κ1) is 52.7. The number of hydrogen-bond donors (Lipinski definition) is 3. The Kier molecular flexibility index (Phi) is 17.1. The van der Waals surface area contributed by atoms with Gasteiger partial charge in [-0.1, -0.05) is 50.2 Å². The summed E-state index contributed by atoms with van der Waals surface area (Å²) in [4.78, 5) is 52.4. The summed E-state index contributed by atoms with van der Waals surface area (Å²) in [6, 6.07) is 19.8. The van der Waals surface area contributed by atoms with Crippen LogP contribution in [0.25, 0.3) is 11.3 Å². The molecule has 4 atom stereocenters. The number of amides is 2. The summed E-state index contributed by atoms with van der Waals surface area (Å²) in [5.41, 5.74) is 14.8. The Labute approximate surface area is 423 Å². The number of rotatable bonds is 7. The summed E-state index contributed by atoms with van der Waals surface area (Å²) >= 11 is 5.27. The lowest BCUT2D eigenvalue weighted by Gasteiger charge is -2.35. The zero-order valence-corrected chi connectivity index (χ0v) is 42.5. The van der Waals surface area contributed by atoms with Gasteiger partial charge in [0.25, 0.3) is 11.1 Å². The van der Waals surface area contributed by atoms with E-state index >= 15 is 0 Å². The van der Waals surface area contributed by atoms with Gasteiger partial charge in [0.2, 0.25) is 0 Å². The predicted octanol–water partition coefficient (Wildman–Crippen LogP) is 9.22. The summed E-state index contributed by atoms with van der Waals surface area (Å²) in [5, 5.41) is 15.7. The number of aryl methyl sites for hydroxylation is 4. The van der Waals surface area contributed by atoms with Crippen molar-refractivity contribution in [3.63, 3.8) is 0 Å². The number of ether oxygens (including phenoxy) is 1. The summed E-state index contributed by atoms with van der Waals surface area (Å²) in [6.45, 7) is 18.8. The van der Waals surface area contributed by atoms with Crippen LogP contribution in [0.15, 0.2) is 73.1 Å². The van der Waals surface area contributed by atoms with E-state index in [9.17, 15) is 14.4 Å². The maximum absolute atomic E-state index is 13.4. The Morgan fingerprint density at radius 2 is 1.30 bits per heavy atom. The highest BCUT2D eigenvalue weighted by atomic mass is 35.5. The first-order valence-corrected chi connectivity index (χ1v) is 25.2. The third-order valence-electron chi connectivity index (χ3n) is 13.5. The lowest BCUT2D eigenvalue weighted by Crippen LogP contribution is -2.40. The number of nitrogens with one attached hydrogen (secondary N) is 2. The number of benzene rings is 2. The lowest BCUT2D eigenvalue weighted by molar-refractivity contribution is 0.0508. The van der Waals surface area contributed by atoms with Gasteiger partial charge in [0.15, 0.2) is 11.3 Å². The van der Waals surface area contributed by atoms with Gasteiger partial charge in [-0.25, -0.2) is 23.8 Å². The molecule has 0 radical (unpaired) electrons. The van der Waals surface area contributed by atoms with Crippen LogP contribution >= 0.6 is 11.6 Å². The van der Waals surface area contributed by atoms with Crippen LogP contribution < -0.4 is 26.2 Å². The normalized spacial score (nSPS) is 20.2. The van der Waals surface area contributed by atoms with E-state index in [0.29, 0.717) is 11.6 Å². The number of halogens is 1. The maximum Gasteiger partial charge on any atom is 0.407 e. The van der Waals surface area contributed by atoms with E-state index in [2.05, 4.69) is 46.5 Å². The van der Waals surface area contributed by atoms with Crippen LogP contribution in [-0.2, 0) is 4.74 Å². The molecule has 8 heterocycles. The topological polar surface area (TPSA) is 181 Å². The molecule has 0 aliphatic carbocycles. The van der Waals surface area contributed by atoms with Gasteiger partial charge in [-0.15, -0.1) is 0 Å². The second kappa shape index (κ2) is 23.0. The molecule has 4 saturated heterocycles. The van der Waals surface area contributed by atoms with E-state index in [0.717, 1.165) is 140 Å². The number of alkyl carbamates (subject to hydrolysis) is 1. The van der Waals surface area contributed by atoms with Crippen LogP contribution in [0, 0.1) is 27.7 Å². The van der Waals surface area contributed by atoms with Gasteiger partial charge in [-0.3, -0.25) is 9.59 Å². The van der Waals surface area contributed by atoms with Crippen LogP contribution in [0.4, 0.5) is 16.4 Å². The Morgan fingerprint density at radius 3 is 1.86 bits per heavy atom. The summed E-state index contributed by atoms with van der Waals surface area (Å²) in [6.07, 6.45) is 12.3. The van der Waals surface area contributed by atoms with Crippen molar-refractivity contribution >= 4 is 51.8 Å². The smallest absolute Gasteiger partial charge is 0.407 e. The van der Waals surface area contributed by atoms with Crippen LogP contribution in [-0.4, -0.2) is 108 Å². The van der Waals surface area contributed by atoms with Crippen molar-refractivity contribution in [3.8, 4) is 0 Å². The number of likely N-dealkylation sites (tertiary alicyclic amines) is 1. The first-order valence-electron chi connectivity index (χ1n) is 24.9. The van der Waals surface area contributed by atoms with Crippen molar-refractivity contribution < 1.29 is 19.1 Å². The summed E-state index contributed by atoms with van der Waals surface area (Å²) in [5.74, 6) is 2.05. The predicted molar refractivity (Wildman–Crippen MR) is 282 cm³/mol. The van der Waals surface area contributed by atoms with Crippen molar-refractivity contribution in [2.45, 2.75) is 137 Å². The van der Waals surface area contributed by atoms with Crippen molar-refractivity contribution in [2.75, 3.05) is 49.1 Å². The Hall–Kier alpha value is -6.10. The van der Waals surface area contributed by atoms with Gasteiger partial charge in [0.1, 0.15) is 17.2 Å². The molecule has 0 bridgehead atoms. The molecular weight excluding hydrogens is 916 g/mol. The van der Waals surface area contributed by atoms with Crippen LogP contribution in [0.1, 0.15) is 146 Å². The minimum absolute atomic E-state index is 0. The maximum atomic E-state index is 13.4. The van der Waals surface area contributed by atoms with Gasteiger partial charge in [-0.05, 0) is 135 Å². The van der Waals surface area contributed by atoms with Crippen molar-refractivity contribution in [1.82, 2.24) is 44.7 Å². The van der Waals surface area contributed by atoms with Gasteiger partial charge in [-0.2, -0.15) is 10.2 Å². The molecular formula is C54H73ClN12O4. The van der Waals surface area contributed by atoms with E-state index in [4.69, 9.17) is 42.2 Å². The number of nitrogens with zero attached hydrogens (tertiary/aromatic N) is 9. The van der Waals surface area contributed by atoms with Crippen LogP contribution in [0.5, 0.6) is 0 Å². The molecule has 17 heteroatoms. The Balaban J connectivity index is 0.000000173. The summed E-state index contributed by atoms with van der Waals surface area (Å²) < 4.78 is 9.12. The first-order chi connectivity index (χ1) is 33.5. The number of anilines is 2. The fraction of sp³-hybridized carbons (Fsp3) is 0.500. The molecule has 0 unspecified atom stereocenters. The van der Waals surface area contributed by atoms with Gasteiger partial charge >= 0.3 is 6.09 Å². The van der Waals surface area contributed by atoms with Gasteiger partial charge in [0.05, 0.1) is 29.5 Å². The zero-order chi connectivity index (χ0) is 49.7. The van der Waals surface area contributed by atoms with Crippen LogP contribution in [0.2, 0.25) is 0 Å². The fourth-order valence-electron chi connectivity index (χ4n) is 9.88.